The minimum absolute atomic E-state index is 0.0969. The molecule has 246 valence electrons. The van der Waals surface area contributed by atoms with E-state index in [9.17, 15) is 9.59 Å². The molecule has 2 unspecified atom stereocenters. The van der Waals surface area contributed by atoms with Crippen molar-refractivity contribution in [3.05, 3.63) is 60.3 Å². The van der Waals surface area contributed by atoms with Crippen LogP contribution < -0.4 is 15.5 Å². The minimum Gasteiger partial charge on any atom is -0.453 e. The van der Waals surface area contributed by atoms with Gasteiger partial charge in [0.1, 0.15) is 5.82 Å². The molecular weight excluding hydrogens is 598 g/mol. The van der Waals surface area contributed by atoms with Crippen LogP contribution in [-0.2, 0) is 16.0 Å². The van der Waals surface area contributed by atoms with Crippen LogP contribution in [-0.4, -0.2) is 101 Å². The lowest BCUT2D eigenvalue weighted by Crippen LogP contribution is -2.46. The van der Waals surface area contributed by atoms with Gasteiger partial charge in [0.2, 0.25) is 0 Å². The third-order valence-electron chi connectivity index (χ3n) is 9.27. The van der Waals surface area contributed by atoms with Gasteiger partial charge in [0.25, 0.3) is 0 Å². The van der Waals surface area contributed by atoms with E-state index in [4.69, 9.17) is 24.5 Å². The number of nitrogens with zero attached hydrogens (tertiary/aromatic N) is 7. The van der Waals surface area contributed by atoms with E-state index >= 15 is 0 Å². The van der Waals surface area contributed by atoms with E-state index in [2.05, 4.69) is 20.4 Å². The Morgan fingerprint density at radius 3 is 2.15 bits per heavy atom. The third kappa shape index (κ3) is 6.45. The SMILES string of the molecule is COC(=O)N1CCC(n2ncc3c(N4C5CCC4COC5)nc(-c4ccc(NC(=O)Nc5ccc(CN(C)C)cc5)cc4)nc32)CC1. The molecule has 47 heavy (non-hydrogen) atoms. The Balaban J connectivity index is 1.13. The molecule has 2 aromatic carbocycles. The van der Waals surface area contributed by atoms with Crippen molar-refractivity contribution < 1.29 is 19.1 Å². The topological polar surface area (TPSA) is 130 Å². The van der Waals surface area contributed by atoms with Crippen LogP contribution in [0.3, 0.4) is 0 Å². The summed E-state index contributed by atoms with van der Waals surface area (Å²) >= 11 is 0. The maximum Gasteiger partial charge on any atom is 0.409 e. The van der Waals surface area contributed by atoms with Crippen molar-refractivity contribution in [3.63, 3.8) is 0 Å². The van der Waals surface area contributed by atoms with Crippen LogP contribution in [0.25, 0.3) is 22.4 Å². The predicted molar refractivity (Wildman–Crippen MR) is 180 cm³/mol. The Morgan fingerprint density at radius 1 is 0.894 bits per heavy atom. The number of amides is 3. The lowest BCUT2D eigenvalue weighted by atomic mass is 10.1. The first kappa shape index (κ1) is 30.9. The normalized spacial score (nSPS) is 19.7. The largest absolute Gasteiger partial charge is 0.453 e. The zero-order valence-corrected chi connectivity index (χ0v) is 27.1. The van der Waals surface area contributed by atoms with Gasteiger partial charge in [-0.15, -0.1) is 0 Å². The van der Waals surface area contributed by atoms with Gasteiger partial charge in [0, 0.05) is 36.6 Å². The number of nitrogens with one attached hydrogen (secondary N) is 2. The molecule has 0 saturated carbocycles. The van der Waals surface area contributed by atoms with Crippen LogP contribution in [0.2, 0.25) is 0 Å². The number of fused-ring (bicyclic) bond motifs is 3. The summed E-state index contributed by atoms with van der Waals surface area (Å²) in [6.45, 7) is 3.39. The van der Waals surface area contributed by atoms with Crippen molar-refractivity contribution in [2.24, 2.45) is 0 Å². The monoisotopic (exact) mass is 639 g/mol. The maximum absolute atomic E-state index is 12.8. The van der Waals surface area contributed by atoms with Crippen LogP contribution in [0.1, 0.15) is 37.3 Å². The Labute approximate surface area is 273 Å². The molecule has 3 saturated heterocycles. The highest BCUT2D eigenvalue weighted by molar-refractivity contribution is 6.00. The smallest absolute Gasteiger partial charge is 0.409 e. The van der Waals surface area contributed by atoms with Crippen LogP contribution in [0.4, 0.5) is 26.8 Å². The molecule has 3 aliphatic heterocycles. The van der Waals surface area contributed by atoms with E-state index in [1.54, 1.807) is 4.90 Å². The molecule has 13 heteroatoms. The average molecular weight is 640 g/mol. The Kier molecular flexibility index (Phi) is 8.65. The average Bonchev–Trinajstić information content (AvgIpc) is 3.62. The van der Waals surface area contributed by atoms with Gasteiger partial charge in [0.05, 0.1) is 50.0 Å². The lowest BCUT2D eigenvalue weighted by Gasteiger charge is -2.36. The number of rotatable bonds is 7. The van der Waals surface area contributed by atoms with Crippen molar-refractivity contribution in [1.82, 2.24) is 29.5 Å². The number of hydrogen-bond acceptors (Lipinski definition) is 9. The summed E-state index contributed by atoms with van der Waals surface area (Å²) in [6.07, 6.45) is 5.23. The highest BCUT2D eigenvalue weighted by Gasteiger charge is 2.40. The van der Waals surface area contributed by atoms with Gasteiger partial charge < -0.3 is 34.8 Å². The van der Waals surface area contributed by atoms with Gasteiger partial charge in [-0.05, 0) is 81.7 Å². The quantitative estimate of drug-likeness (QED) is 0.288. The molecular formula is C34H41N9O4. The van der Waals surface area contributed by atoms with Crippen molar-refractivity contribution in [2.45, 2.75) is 50.4 Å². The summed E-state index contributed by atoms with van der Waals surface area (Å²) in [5.41, 5.74) is 4.18. The van der Waals surface area contributed by atoms with Gasteiger partial charge >= 0.3 is 12.1 Å². The zero-order valence-electron chi connectivity index (χ0n) is 27.1. The van der Waals surface area contributed by atoms with Gasteiger partial charge in [-0.2, -0.15) is 5.10 Å². The first-order chi connectivity index (χ1) is 22.9. The number of likely N-dealkylation sites (tertiary alicyclic amines) is 1. The second-order valence-electron chi connectivity index (χ2n) is 12.8. The number of hydrogen-bond donors (Lipinski definition) is 2. The number of benzene rings is 2. The second kappa shape index (κ2) is 13.2. The first-order valence-electron chi connectivity index (χ1n) is 16.2. The summed E-state index contributed by atoms with van der Waals surface area (Å²) in [6, 6.07) is 15.7. The molecule has 2 atom stereocenters. The van der Waals surface area contributed by atoms with Crippen molar-refractivity contribution >= 4 is 40.4 Å². The summed E-state index contributed by atoms with van der Waals surface area (Å²) in [5, 5.41) is 11.6. The fourth-order valence-corrected chi connectivity index (χ4v) is 6.96. The van der Waals surface area contributed by atoms with Gasteiger partial charge in [-0.3, -0.25) is 0 Å². The van der Waals surface area contributed by atoms with Crippen LogP contribution >= 0.6 is 0 Å². The summed E-state index contributed by atoms with van der Waals surface area (Å²) in [4.78, 5) is 41.3. The number of anilines is 3. The second-order valence-corrected chi connectivity index (χ2v) is 12.8. The Hall–Kier alpha value is -4.75. The van der Waals surface area contributed by atoms with Crippen LogP contribution in [0.15, 0.2) is 54.7 Å². The molecule has 5 heterocycles. The predicted octanol–water partition coefficient (Wildman–Crippen LogP) is 4.97. The molecule has 13 nitrogen and oxygen atoms in total. The summed E-state index contributed by atoms with van der Waals surface area (Å²) in [5.74, 6) is 1.48. The van der Waals surface area contributed by atoms with Crippen molar-refractivity contribution in [1.29, 1.82) is 0 Å². The molecule has 3 aliphatic rings. The van der Waals surface area contributed by atoms with E-state index in [1.807, 2.05) is 73.5 Å². The molecule has 4 aromatic rings. The van der Waals surface area contributed by atoms with Crippen molar-refractivity contribution in [3.8, 4) is 11.4 Å². The number of ether oxygens (including phenoxy) is 2. The molecule has 0 spiro atoms. The van der Waals surface area contributed by atoms with E-state index < -0.39 is 0 Å². The number of morpholine rings is 1. The van der Waals surface area contributed by atoms with Gasteiger partial charge in [-0.25, -0.2) is 24.2 Å². The molecule has 2 N–H and O–H groups in total. The van der Waals surface area contributed by atoms with E-state index in [0.29, 0.717) is 37.8 Å². The fraction of sp³-hybridized carbons (Fsp3) is 0.441. The van der Waals surface area contributed by atoms with Crippen molar-refractivity contribution in [2.75, 3.05) is 63.0 Å². The lowest BCUT2D eigenvalue weighted by molar-refractivity contribution is 0.0904. The minimum atomic E-state index is -0.317. The molecule has 2 aromatic heterocycles. The number of aromatic nitrogens is 4. The molecule has 2 bridgehead atoms. The first-order valence-corrected chi connectivity index (χ1v) is 16.2. The van der Waals surface area contributed by atoms with Gasteiger partial charge in [-0.1, -0.05) is 12.1 Å². The molecule has 3 amide bonds. The maximum atomic E-state index is 12.8. The molecule has 0 aliphatic carbocycles. The zero-order chi connectivity index (χ0) is 32.5. The van der Waals surface area contributed by atoms with Crippen LogP contribution in [0.5, 0.6) is 0 Å². The number of methoxy groups -OCH3 is 1. The van der Waals surface area contributed by atoms with E-state index in [1.165, 1.54) is 12.7 Å². The highest BCUT2D eigenvalue weighted by Crippen LogP contribution is 2.38. The number of carbonyl (C=O) groups excluding carboxylic acids is 2. The van der Waals surface area contributed by atoms with Gasteiger partial charge in [0.15, 0.2) is 11.5 Å². The van der Waals surface area contributed by atoms with Crippen LogP contribution in [0, 0.1) is 0 Å². The number of urea groups is 1. The summed E-state index contributed by atoms with van der Waals surface area (Å²) < 4.78 is 12.8. The third-order valence-corrected chi connectivity index (χ3v) is 9.27. The van der Waals surface area contributed by atoms with E-state index in [0.717, 1.165) is 60.3 Å². The molecule has 7 rings (SSSR count). The summed E-state index contributed by atoms with van der Waals surface area (Å²) in [7, 11) is 5.46. The Bertz CT molecular complexity index is 1720. The molecule has 3 fully saturated rings. The van der Waals surface area contributed by atoms with E-state index in [-0.39, 0.29) is 30.2 Å². The fourth-order valence-electron chi connectivity index (χ4n) is 6.96. The highest BCUT2D eigenvalue weighted by atomic mass is 16.5. The number of carbonyl (C=O) groups is 2. The number of piperidine rings is 1. The molecule has 0 radical (unpaired) electrons. The Morgan fingerprint density at radius 2 is 1.53 bits per heavy atom. The standard InChI is InChI=1S/C34H41N9O4/c1-40(2)19-22-4-8-24(9-5-22)36-33(44)37-25-10-6-23(7-11-25)30-38-31(42-27-12-13-28(42)21-47-20-27)29-18-35-43(32(29)39-30)26-14-16-41(17-15-26)34(45)46-3/h4-11,18,26-28H,12-17,19-21H2,1-3H3,(H2,36,37,44).